The third-order valence-electron chi connectivity index (χ3n) is 6.93. The number of hydrogen-bond donors (Lipinski definition) is 3. The minimum absolute atomic E-state index is 0.0833. The maximum absolute atomic E-state index is 13.0. The number of carboxylic acid groups (broad SMARTS) is 1. The van der Waals surface area contributed by atoms with Crippen LogP contribution < -0.4 is 5.32 Å². The van der Waals surface area contributed by atoms with Gasteiger partial charge in [-0.05, 0) is 87.7 Å². The summed E-state index contributed by atoms with van der Waals surface area (Å²) in [5.41, 5.74) is 3.07. The van der Waals surface area contributed by atoms with Gasteiger partial charge in [-0.3, -0.25) is 14.7 Å². The van der Waals surface area contributed by atoms with E-state index in [4.69, 9.17) is 0 Å². The normalized spacial score (nSPS) is 21.9. The predicted octanol–water partition coefficient (Wildman–Crippen LogP) is 5.52. The maximum Gasteiger partial charge on any atom is 0.407 e. The molecule has 3 heterocycles. The van der Waals surface area contributed by atoms with E-state index in [1.165, 1.54) is 4.90 Å². The summed E-state index contributed by atoms with van der Waals surface area (Å²) in [6.07, 6.45) is 4.55. The molecule has 1 aromatic carbocycles. The Hall–Kier alpha value is -2.34. The van der Waals surface area contributed by atoms with E-state index in [1.54, 1.807) is 35.9 Å². The second-order valence-electron chi connectivity index (χ2n) is 9.09. The van der Waals surface area contributed by atoms with Gasteiger partial charge in [0.05, 0.1) is 23.3 Å². The molecular formula is C25H24Br2N4O4S. The Labute approximate surface area is 229 Å². The number of anilines is 1. The summed E-state index contributed by atoms with van der Waals surface area (Å²) < 4.78 is 1.53. The number of thiazole rings is 1. The zero-order valence-corrected chi connectivity index (χ0v) is 23.1. The summed E-state index contributed by atoms with van der Waals surface area (Å²) in [5, 5.41) is 23.8. The number of aliphatic hydroxyl groups is 1. The average Bonchev–Trinajstić information content (AvgIpc) is 3.54. The molecule has 4 atom stereocenters. The van der Waals surface area contributed by atoms with E-state index < -0.39 is 18.2 Å². The summed E-state index contributed by atoms with van der Waals surface area (Å²) in [7, 11) is 0. The lowest BCUT2D eigenvalue weighted by atomic mass is 10.0. The second kappa shape index (κ2) is 10.6. The molecule has 188 valence electrons. The number of halogens is 2. The Morgan fingerprint density at radius 1 is 1.22 bits per heavy atom. The average molecular weight is 636 g/mol. The Morgan fingerprint density at radius 2 is 2.06 bits per heavy atom. The molecule has 3 aromatic rings. The molecule has 3 N–H and O–H groups in total. The molecule has 8 nitrogen and oxygen atoms in total. The number of likely N-dealkylation sites (tertiary alicyclic amines) is 1. The van der Waals surface area contributed by atoms with E-state index >= 15 is 0 Å². The highest BCUT2D eigenvalue weighted by atomic mass is 79.9. The molecule has 0 bridgehead atoms. The van der Waals surface area contributed by atoms with E-state index in [0.717, 1.165) is 37.4 Å². The van der Waals surface area contributed by atoms with Crippen LogP contribution in [0.1, 0.15) is 53.0 Å². The van der Waals surface area contributed by atoms with Crippen LogP contribution >= 0.6 is 43.2 Å². The first-order valence-electron chi connectivity index (χ1n) is 11.7. The van der Waals surface area contributed by atoms with Gasteiger partial charge in [-0.2, -0.15) is 0 Å². The van der Waals surface area contributed by atoms with Crippen LogP contribution in [0, 0.1) is 0 Å². The number of carbonyl (C=O) groups is 2. The van der Waals surface area contributed by atoms with Crippen LogP contribution in [0.25, 0.3) is 0 Å². The zero-order valence-electron chi connectivity index (χ0n) is 19.1. The number of pyridine rings is 1. The van der Waals surface area contributed by atoms with Crippen molar-refractivity contribution in [2.75, 3.05) is 5.32 Å². The van der Waals surface area contributed by atoms with Gasteiger partial charge in [0.1, 0.15) is 6.10 Å². The lowest BCUT2D eigenvalue weighted by molar-refractivity contribution is -0.117. The molecule has 1 unspecified atom stereocenters. The lowest BCUT2D eigenvalue weighted by Crippen LogP contribution is -2.44. The van der Waals surface area contributed by atoms with Gasteiger partial charge in [-0.15, -0.1) is 11.3 Å². The van der Waals surface area contributed by atoms with Gasteiger partial charge in [0.15, 0.2) is 3.92 Å². The molecule has 0 saturated carbocycles. The largest absolute Gasteiger partial charge is 0.465 e. The molecule has 11 heteroatoms. The van der Waals surface area contributed by atoms with Crippen molar-refractivity contribution in [3.63, 3.8) is 0 Å². The molecule has 2 aromatic heterocycles. The number of fused-ring (bicyclic) bond motifs is 1. The Morgan fingerprint density at radius 3 is 2.78 bits per heavy atom. The zero-order chi connectivity index (χ0) is 25.4. The van der Waals surface area contributed by atoms with Gasteiger partial charge in [0.25, 0.3) is 0 Å². The quantitative estimate of drug-likeness (QED) is 0.329. The van der Waals surface area contributed by atoms with Gasteiger partial charge in [0, 0.05) is 33.3 Å². The first-order chi connectivity index (χ1) is 17.3. The van der Waals surface area contributed by atoms with E-state index in [2.05, 4.69) is 47.1 Å². The molecule has 1 aliphatic carbocycles. The van der Waals surface area contributed by atoms with Crippen LogP contribution in [-0.4, -0.2) is 49.2 Å². The third-order valence-corrected chi connectivity index (χ3v) is 9.17. The van der Waals surface area contributed by atoms with Crippen LogP contribution in [0.4, 0.5) is 10.5 Å². The van der Waals surface area contributed by atoms with E-state index in [1.807, 2.05) is 18.2 Å². The number of hydrogen-bond acceptors (Lipinski definition) is 6. The molecule has 1 fully saturated rings. The highest BCUT2D eigenvalue weighted by molar-refractivity contribution is 9.11. The fourth-order valence-electron chi connectivity index (χ4n) is 5.23. The van der Waals surface area contributed by atoms with Crippen molar-refractivity contribution in [3.8, 4) is 0 Å². The fourth-order valence-corrected chi connectivity index (χ4v) is 7.39. The number of aromatic nitrogens is 2. The summed E-state index contributed by atoms with van der Waals surface area (Å²) in [4.78, 5) is 36.2. The number of nitrogens with zero attached hydrogens (tertiary/aromatic N) is 3. The Bertz CT molecular complexity index is 1290. The number of rotatable bonds is 6. The number of aliphatic hydroxyl groups excluding tert-OH is 1. The topological polar surface area (TPSA) is 116 Å². The lowest BCUT2D eigenvalue weighted by Gasteiger charge is -2.31. The van der Waals surface area contributed by atoms with Gasteiger partial charge in [-0.1, -0.05) is 12.1 Å². The van der Waals surface area contributed by atoms with Crippen molar-refractivity contribution in [2.45, 2.75) is 56.2 Å². The minimum atomic E-state index is -1.04. The monoisotopic (exact) mass is 634 g/mol. The molecule has 2 aliphatic rings. The van der Waals surface area contributed by atoms with E-state index in [9.17, 15) is 19.8 Å². The van der Waals surface area contributed by atoms with Gasteiger partial charge >= 0.3 is 6.09 Å². The summed E-state index contributed by atoms with van der Waals surface area (Å²) in [6, 6.07) is 8.37. The Balaban J connectivity index is 1.26. The molecule has 1 saturated heterocycles. The number of carbonyl (C=O) groups excluding carboxylic acids is 1. The minimum Gasteiger partial charge on any atom is -0.465 e. The third kappa shape index (κ3) is 5.06. The summed E-state index contributed by atoms with van der Waals surface area (Å²) in [5.74, 6) is -0.347. The SMILES string of the molecule is O=C(Nc1ccc(C[C@@H]2CC[C@H](C(O)c3cccnc3)N2C(=O)O)cc1Br)[C@@H]1CCc2sc(Br)nc21. The smallest absolute Gasteiger partial charge is 0.407 e. The van der Waals surface area contributed by atoms with Crippen molar-refractivity contribution >= 4 is 60.9 Å². The van der Waals surface area contributed by atoms with Crippen LogP contribution in [0.3, 0.4) is 0 Å². The van der Waals surface area contributed by atoms with Crippen molar-refractivity contribution in [1.29, 1.82) is 0 Å². The van der Waals surface area contributed by atoms with Crippen LogP contribution in [0.2, 0.25) is 0 Å². The summed E-state index contributed by atoms with van der Waals surface area (Å²) >= 11 is 8.55. The number of aryl methyl sites for hydroxylation is 1. The molecule has 2 amide bonds. The van der Waals surface area contributed by atoms with Crippen LogP contribution in [0.15, 0.2) is 51.1 Å². The van der Waals surface area contributed by atoms with Crippen LogP contribution in [0.5, 0.6) is 0 Å². The second-order valence-corrected chi connectivity index (χ2v) is 12.3. The highest BCUT2D eigenvalue weighted by Gasteiger charge is 2.41. The molecule has 0 spiro atoms. The van der Waals surface area contributed by atoms with Crippen LogP contribution in [-0.2, 0) is 17.6 Å². The molecule has 5 rings (SSSR count). The molecule has 1 aliphatic heterocycles. The van der Waals surface area contributed by atoms with Gasteiger partial charge < -0.3 is 15.5 Å². The van der Waals surface area contributed by atoms with Gasteiger partial charge in [0.2, 0.25) is 5.91 Å². The molecular weight excluding hydrogens is 612 g/mol. The van der Waals surface area contributed by atoms with Gasteiger partial charge in [-0.25, -0.2) is 9.78 Å². The highest BCUT2D eigenvalue weighted by Crippen LogP contribution is 2.39. The first kappa shape index (κ1) is 25.3. The molecule has 36 heavy (non-hydrogen) atoms. The number of nitrogens with one attached hydrogen (secondary N) is 1. The standard InChI is InChI=1S/C25H24Br2N4O4S/c26-17-11-13(3-6-18(17)29-23(33)16-5-8-20-21(16)30-24(27)36-20)10-15-4-7-19(31(15)25(34)35)22(32)14-2-1-9-28-12-14/h1-3,6,9,11-12,15-16,19,22,32H,4-5,7-8,10H2,(H,29,33)(H,34,35)/t15-,16+,19+,22?/m0/s1. The van der Waals surface area contributed by atoms with E-state index in [0.29, 0.717) is 30.5 Å². The fraction of sp³-hybridized carbons (Fsp3) is 0.360. The van der Waals surface area contributed by atoms with Crippen molar-refractivity contribution in [1.82, 2.24) is 14.9 Å². The van der Waals surface area contributed by atoms with Crippen molar-refractivity contribution in [2.24, 2.45) is 0 Å². The van der Waals surface area contributed by atoms with Crippen molar-refractivity contribution < 1.29 is 19.8 Å². The number of amides is 2. The van der Waals surface area contributed by atoms with E-state index in [-0.39, 0.29) is 17.9 Å². The van der Waals surface area contributed by atoms with Crippen molar-refractivity contribution in [3.05, 3.63) is 72.8 Å². The number of benzene rings is 1. The molecule has 0 radical (unpaired) electrons. The summed E-state index contributed by atoms with van der Waals surface area (Å²) in [6.45, 7) is 0. The first-order valence-corrected chi connectivity index (χ1v) is 14.1. The predicted molar refractivity (Wildman–Crippen MR) is 143 cm³/mol. The maximum atomic E-state index is 13.0. The Kier molecular flexibility index (Phi) is 7.43.